The summed E-state index contributed by atoms with van der Waals surface area (Å²) in [5.41, 5.74) is 2.95. The number of pyridine rings is 1. The molecule has 0 unspecified atom stereocenters. The van der Waals surface area contributed by atoms with Crippen LogP contribution in [0.2, 0.25) is 0 Å². The smallest absolute Gasteiger partial charge is 0.335 e. The van der Waals surface area contributed by atoms with Gasteiger partial charge in [0, 0.05) is 17.3 Å². The Morgan fingerprint density at radius 3 is 2.84 bits per heavy atom. The van der Waals surface area contributed by atoms with Crippen LogP contribution < -0.4 is 0 Å². The largest absolute Gasteiger partial charge is 0.478 e. The molecule has 0 fully saturated rings. The standard InChI is InChI=1S/C14H11N3O2/c1-9-6-12(4-5-15-9)17-13-3-2-10(14(18)19)7-11(13)8-16-17/h2-8H,1H3,(H,18,19). The van der Waals surface area contributed by atoms with Gasteiger partial charge in [0.15, 0.2) is 0 Å². The van der Waals surface area contributed by atoms with E-state index in [9.17, 15) is 4.79 Å². The third-order valence-corrected chi connectivity index (χ3v) is 2.94. The molecule has 2 aromatic heterocycles. The van der Waals surface area contributed by atoms with Gasteiger partial charge in [-0.2, -0.15) is 5.10 Å². The highest BCUT2D eigenvalue weighted by atomic mass is 16.4. The zero-order valence-electron chi connectivity index (χ0n) is 10.2. The minimum absolute atomic E-state index is 0.262. The van der Waals surface area contributed by atoms with Crippen LogP contribution in [0.3, 0.4) is 0 Å². The molecule has 3 rings (SSSR count). The van der Waals surface area contributed by atoms with Gasteiger partial charge < -0.3 is 5.11 Å². The lowest BCUT2D eigenvalue weighted by atomic mass is 10.1. The van der Waals surface area contributed by atoms with Gasteiger partial charge in [0.05, 0.1) is 23.0 Å². The Balaban J connectivity index is 2.18. The summed E-state index contributed by atoms with van der Waals surface area (Å²) in [5, 5.41) is 14.1. The second-order valence-electron chi connectivity index (χ2n) is 4.29. The van der Waals surface area contributed by atoms with E-state index >= 15 is 0 Å². The van der Waals surface area contributed by atoms with Crippen molar-refractivity contribution in [1.29, 1.82) is 0 Å². The van der Waals surface area contributed by atoms with Crippen LogP contribution in [-0.4, -0.2) is 25.8 Å². The normalized spacial score (nSPS) is 10.8. The Bertz CT molecular complexity index is 777. The number of carboxylic acid groups (broad SMARTS) is 1. The van der Waals surface area contributed by atoms with Crippen LogP contribution in [0.15, 0.2) is 42.7 Å². The third kappa shape index (κ3) is 1.95. The Morgan fingerprint density at radius 2 is 2.11 bits per heavy atom. The number of aryl methyl sites for hydroxylation is 1. The molecule has 0 amide bonds. The number of benzene rings is 1. The van der Waals surface area contributed by atoms with Crippen molar-refractivity contribution in [3.05, 3.63) is 54.0 Å². The number of fused-ring (bicyclic) bond motifs is 1. The summed E-state index contributed by atoms with van der Waals surface area (Å²) in [6.07, 6.45) is 3.39. The Labute approximate surface area is 109 Å². The van der Waals surface area contributed by atoms with Crippen molar-refractivity contribution in [3.63, 3.8) is 0 Å². The highest BCUT2D eigenvalue weighted by molar-refractivity contribution is 5.93. The van der Waals surface area contributed by atoms with E-state index in [1.807, 2.05) is 19.1 Å². The van der Waals surface area contributed by atoms with Crippen LogP contribution in [-0.2, 0) is 0 Å². The molecular formula is C14H11N3O2. The molecule has 0 bridgehead atoms. The Morgan fingerprint density at radius 1 is 1.26 bits per heavy atom. The van der Waals surface area contributed by atoms with E-state index in [-0.39, 0.29) is 5.56 Å². The number of hydrogen-bond donors (Lipinski definition) is 1. The minimum Gasteiger partial charge on any atom is -0.478 e. The maximum Gasteiger partial charge on any atom is 0.335 e. The number of carbonyl (C=O) groups is 1. The number of rotatable bonds is 2. The van der Waals surface area contributed by atoms with Crippen molar-refractivity contribution < 1.29 is 9.90 Å². The number of nitrogens with zero attached hydrogens (tertiary/aromatic N) is 3. The van der Waals surface area contributed by atoms with E-state index in [1.165, 1.54) is 0 Å². The van der Waals surface area contributed by atoms with Crippen molar-refractivity contribution in [2.24, 2.45) is 0 Å². The monoisotopic (exact) mass is 253 g/mol. The van der Waals surface area contributed by atoms with E-state index in [1.54, 1.807) is 35.3 Å². The lowest BCUT2D eigenvalue weighted by Gasteiger charge is -2.04. The first-order valence-electron chi connectivity index (χ1n) is 5.79. The fourth-order valence-corrected chi connectivity index (χ4v) is 2.03. The summed E-state index contributed by atoms with van der Waals surface area (Å²) < 4.78 is 1.77. The number of carboxylic acids is 1. The molecule has 0 aliphatic carbocycles. The summed E-state index contributed by atoms with van der Waals surface area (Å²) in [4.78, 5) is 15.1. The van der Waals surface area contributed by atoms with Gasteiger partial charge in [-0.15, -0.1) is 0 Å². The second kappa shape index (κ2) is 4.20. The van der Waals surface area contributed by atoms with Gasteiger partial charge >= 0.3 is 5.97 Å². The van der Waals surface area contributed by atoms with Gasteiger partial charge in [0.1, 0.15) is 0 Å². The average Bonchev–Trinajstić information content (AvgIpc) is 2.81. The molecule has 0 atom stereocenters. The van der Waals surface area contributed by atoms with Crippen molar-refractivity contribution >= 4 is 16.9 Å². The van der Waals surface area contributed by atoms with Gasteiger partial charge in [-0.1, -0.05) is 0 Å². The maximum atomic E-state index is 10.9. The van der Waals surface area contributed by atoms with E-state index in [0.717, 1.165) is 22.3 Å². The molecule has 1 N–H and O–H groups in total. The van der Waals surface area contributed by atoms with E-state index in [2.05, 4.69) is 10.1 Å². The van der Waals surface area contributed by atoms with E-state index < -0.39 is 5.97 Å². The highest BCUT2D eigenvalue weighted by Crippen LogP contribution is 2.19. The third-order valence-electron chi connectivity index (χ3n) is 2.94. The molecular weight excluding hydrogens is 242 g/mol. The molecule has 94 valence electrons. The van der Waals surface area contributed by atoms with Crippen LogP contribution >= 0.6 is 0 Å². The molecule has 0 spiro atoms. The van der Waals surface area contributed by atoms with Gasteiger partial charge in [-0.25, -0.2) is 9.48 Å². The minimum atomic E-state index is -0.936. The lowest BCUT2D eigenvalue weighted by molar-refractivity contribution is 0.0697. The number of hydrogen-bond acceptors (Lipinski definition) is 3. The predicted octanol–water partition coefficient (Wildman–Crippen LogP) is 2.43. The Kier molecular flexibility index (Phi) is 2.52. The molecule has 5 heteroatoms. The maximum absolute atomic E-state index is 10.9. The molecule has 19 heavy (non-hydrogen) atoms. The average molecular weight is 253 g/mol. The molecule has 5 nitrogen and oxygen atoms in total. The summed E-state index contributed by atoms with van der Waals surface area (Å²) in [6.45, 7) is 1.91. The lowest BCUT2D eigenvalue weighted by Crippen LogP contribution is -1.98. The van der Waals surface area contributed by atoms with Gasteiger partial charge in [-0.05, 0) is 37.3 Å². The van der Waals surface area contributed by atoms with Crippen LogP contribution in [0.4, 0.5) is 0 Å². The van der Waals surface area contributed by atoms with Crippen LogP contribution in [0.1, 0.15) is 16.1 Å². The fourth-order valence-electron chi connectivity index (χ4n) is 2.03. The first-order valence-corrected chi connectivity index (χ1v) is 5.79. The SMILES string of the molecule is Cc1cc(-n2ncc3cc(C(=O)O)ccc32)ccn1. The molecule has 0 saturated carbocycles. The van der Waals surface area contributed by atoms with Crippen molar-refractivity contribution in [3.8, 4) is 5.69 Å². The zero-order valence-corrected chi connectivity index (χ0v) is 10.2. The molecule has 0 saturated heterocycles. The molecule has 2 heterocycles. The molecule has 0 aliphatic rings. The van der Waals surface area contributed by atoms with Gasteiger partial charge in [-0.3, -0.25) is 4.98 Å². The molecule has 1 aromatic carbocycles. The first-order chi connectivity index (χ1) is 9.15. The second-order valence-corrected chi connectivity index (χ2v) is 4.29. The predicted molar refractivity (Wildman–Crippen MR) is 70.6 cm³/mol. The van der Waals surface area contributed by atoms with Crippen molar-refractivity contribution in [2.75, 3.05) is 0 Å². The number of aromatic nitrogens is 3. The van der Waals surface area contributed by atoms with Crippen LogP contribution in [0.5, 0.6) is 0 Å². The highest BCUT2D eigenvalue weighted by Gasteiger charge is 2.08. The molecule has 0 aliphatic heterocycles. The number of aromatic carboxylic acids is 1. The summed E-state index contributed by atoms with van der Waals surface area (Å²) in [5.74, 6) is -0.936. The van der Waals surface area contributed by atoms with Crippen molar-refractivity contribution in [1.82, 2.24) is 14.8 Å². The van der Waals surface area contributed by atoms with Crippen molar-refractivity contribution in [2.45, 2.75) is 6.92 Å². The summed E-state index contributed by atoms with van der Waals surface area (Å²) in [6, 6.07) is 8.76. The fraction of sp³-hybridized carbons (Fsp3) is 0.0714. The van der Waals surface area contributed by atoms with Crippen LogP contribution in [0, 0.1) is 6.92 Å². The molecule has 3 aromatic rings. The van der Waals surface area contributed by atoms with Gasteiger partial charge in [0.25, 0.3) is 0 Å². The molecule has 0 radical (unpaired) electrons. The zero-order chi connectivity index (χ0) is 13.4. The van der Waals surface area contributed by atoms with E-state index in [0.29, 0.717) is 0 Å². The Hall–Kier alpha value is -2.69. The van der Waals surface area contributed by atoms with E-state index in [4.69, 9.17) is 5.11 Å². The quantitative estimate of drug-likeness (QED) is 0.761. The summed E-state index contributed by atoms with van der Waals surface area (Å²) >= 11 is 0. The van der Waals surface area contributed by atoms with Crippen LogP contribution in [0.25, 0.3) is 16.6 Å². The topological polar surface area (TPSA) is 68.0 Å². The summed E-state index contributed by atoms with van der Waals surface area (Å²) in [7, 11) is 0. The van der Waals surface area contributed by atoms with Gasteiger partial charge in [0.2, 0.25) is 0 Å². The first kappa shape index (κ1) is 11.4.